The van der Waals surface area contributed by atoms with Crippen LogP contribution in [0.25, 0.3) is 10.9 Å². The Morgan fingerprint density at radius 3 is 2.91 bits per heavy atom. The van der Waals surface area contributed by atoms with E-state index in [0.717, 1.165) is 5.56 Å². The molecule has 0 spiro atoms. The molecule has 0 atom stereocenters. The summed E-state index contributed by atoms with van der Waals surface area (Å²) >= 11 is 6.02. The Balaban J connectivity index is 1.88. The van der Waals surface area contributed by atoms with Crippen LogP contribution in [0.1, 0.15) is 15.9 Å². The molecule has 2 N–H and O–H groups in total. The third-order valence-corrected chi connectivity index (χ3v) is 3.60. The fourth-order valence-corrected chi connectivity index (χ4v) is 2.39. The molecule has 2 aromatic heterocycles. The smallest absolute Gasteiger partial charge is 0.257 e. The van der Waals surface area contributed by atoms with Gasteiger partial charge in [0.15, 0.2) is 0 Å². The predicted octanol–water partition coefficient (Wildman–Crippen LogP) is 2.51. The summed E-state index contributed by atoms with van der Waals surface area (Å²) in [7, 11) is 0. The number of fused-ring (bicyclic) bond motifs is 1. The molecule has 3 aromatic rings. The predicted molar refractivity (Wildman–Crippen MR) is 85.0 cm³/mol. The van der Waals surface area contributed by atoms with Gasteiger partial charge in [0.1, 0.15) is 5.56 Å². The van der Waals surface area contributed by atoms with Crippen molar-refractivity contribution in [1.82, 2.24) is 15.3 Å². The number of benzene rings is 1. The van der Waals surface area contributed by atoms with E-state index in [1.807, 2.05) is 6.07 Å². The Hall–Kier alpha value is -2.66. The van der Waals surface area contributed by atoms with E-state index < -0.39 is 5.91 Å². The van der Waals surface area contributed by atoms with Gasteiger partial charge in [-0.25, -0.2) is 0 Å². The molecule has 110 valence electrons. The second kappa shape index (κ2) is 5.99. The number of hydrogen-bond donors (Lipinski definition) is 2. The number of carbonyl (C=O) groups is 1. The highest BCUT2D eigenvalue weighted by Crippen LogP contribution is 2.18. The van der Waals surface area contributed by atoms with Crippen LogP contribution in [0.3, 0.4) is 0 Å². The highest BCUT2D eigenvalue weighted by Gasteiger charge is 2.13. The number of amides is 1. The molecule has 0 aliphatic heterocycles. The second-order valence-electron chi connectivity index (χ2n) is 4.74. The fraction of sp³-hybridized carbons (Fsp3) is 0.0625. The first-order valence-corrected chi connectivity index (χ1v) is 7.01. The molecule has 0 aliphatic rings. The second-order valence-corrected chi connectivity index (χ2v) is 5.15. The van der Waals surface area contributed by atoms with E-state index in [1.165, 1.54) is 6.20 Å². The molecule has 3 rings (SSSR count). The SMILES string of the molecule is O=C(NCc1cccnc1)c1c[nH]c2c(Cl)cccc2c1=O. The van der Waals surface area contributed by atoms with E-state index in [9.17, 15) is 9.59 Å². The van der Waals surface area contributed by atoms with Crippen LogP contribution < -0.4 is 10.7 Å². The Morgan fingerprint density at radius 1 is 1.27 bits per heavy atom. The van der Waals surface area contributed by atoms with Gasteiger partial charge in [-0.1, -0.05) is 23.7 Å². The molecule has 0 saturated carbocycles. The van der Waals surface area contributed by atoms with E-state index in [0.29, 0.717) is 22.5 Å². The van der Waals surface area contributed by atoms with E-state index in [1.54, 1.807) is 36.7 Å². The topological polar surface area (TPSA) is 74.8 Å². The molecule has 5 nitrogen and oxygen atoms in total. The van der Waals surface area contributed by atoms with E-state index in [2.05, 4.69) is 15.3 Å². The number of H-pyrrole nitrogens is 1. The zero-order valence-electron chi connectivity index (χ0n) is 11.5. The van der Waals surface area contributed by atoms with Crippen LogP contribution in [0.15, 0.2) is 53.7 Å². The summed E-state index contributed by atoms with van der Waals surface area (Å²) in [5, 5.41) is 3.54. The van der Waals surface area contributed by atoms with Crippen molar-refractivity contribution in [2.75, 3.05) is 0 Å². The normalized spacial score (nSPS) is 10.6. The lowest BCUT2D eigenvalue weighted by atomic mass is 10.1. The van der Waals surface area contributed by atoms with Crippen LogP contribution in [-0.2, 0) is 6.54 Å². The standard InChI is InChI=1S/C16H12ClN3O2/c17-13-5-1-4-11-14(13)19-9-12(15(11)21)16(22)20-8-10-3-2-6-18-7-10/h1-7,9H,8H2,(H,19,21)(H,20,22). The number of nitrogens with one attached hydrogen (secondary N) is 2. The Kier molecular flexibility index (Phi) is 3.89. The van der Waals surface area contributed by atoms with E-state index in [4.69, 9.17) is 11.6 Å². The lowest BCUT2D eigenvalue weighted by Crippen LogP contribution is -2.28. The van der Waals surface area contributed by atoms with Crippen molar-refractivity contribution < 1.29 is 4.79 Å². The van der Waals surface area contributed by atoms with Crippen molar-refractivity contribution in [2.45, 2.75) is 6.54 Å². The number of halogens is 1. The van der Waals surface area contributed by atoms with Gasteiger partial charge in [-0.3, -0.25) is 14.6 Å². The van der Waals surface area contributed by atoms with Crippen molar-refractivity contribution >= 4 is 28.4 Å². The Labute approximate surface area is 131 Å². The molecule has 2 heterocycles. The first-order valence-electron chi connectivity index (χ1n) is 6.64. The van der Waals surface area contributed by atoms with E-state index >= 15 is 0 Å². The lowest BCUT2D eigenvalue weighted by Gasteiger charge is -2.06. The molecule has 0 aliphatic carbocycles. The summed E-state index contributed by atoms with van der Waals surface area (Å²) in [6, 6.07) is 8.63. The van der Waals surface area contributed by atoms with E-state index in [-0.39, 0.29) is 11.0 Å². The lowest BCUT2D eigenvalue weighted by molar-refractivity contribution is 0.0949. The van der Waals surface area contributed by atoms with Gasteiger partial charge in [-0.15, -0.1) is 0 Å². The van der Waals surface area contributed by atoms with Crippen LogP contribution in [0.2, 0.25) is 5.02 Å². The quantitative estimate of drug-likeness (QED) is 0.780. The van der Waals surface area contributed by atoms with Gasteiger partial charge in [0.05, 0.1) is 10.5 Å². The highest BCUT2D eigenvalue weighted by atomic mass is 35.5. The first-order chi connectivity index (χ1) is 10.7. The van der Waals surface area contributed by atoms with Crippen molar-refractivity contribution in [1.29, 1.82) is 0 Å². The van der Waals surface area contributed by atoms with Crippen molar-refractivity contribution in [3.63, 3.8) is 0 Å². The van der Waals surface area contributed by atoms with Crippen LogP contribution in [0.4, 0.5) is 0 Å². The molecule has 6 heteroatoms. The minimum atomic E-state index is -0.438. The largest absolute Gasteiger partial charge is 0.359 e. The van der Waals surface area contributed by atoms with Crippen molar-refractivity contribution in [2.24, 2.45) is 0 Å². The number of para-hydroxylation sites is 1. The maximum atomic E-state index is 12.4. The molecular weight excluding hydrogens is 302 g/mol. The Morgan fingerprint density at radius 2 is 2.14 bits per heavy atom. The summed E-state index contributed by atoms with van der Waals surface area (Å²) in [5.41, 5.74) is 1.09. The molecule has 0 fully saturated rings. The highest BCUT2D eigenvalue weighted by molar-refractivity contribution is 6.35. The van der Waals surface area contributed by atoms with Gasteiger partial charge in [-0.2, -0.15) is 0 Å². The minimum absolute atomic E-state index is 0.0543. The summed E-state index contributed by atoms with van der Waals surface area (Å²) in [6.45, 7) is 0.305. The van der Waals surface area contributed by atoms with Gasteiger partial charge >= 0.3 is 0 Å². The summed E-state index contributed by atoms with van der Waals surface area (Å²) in [4.78, 5) is 31.4. The third kappa shape index (κ3) is 2.71. The average molecular weight is 314 g/mol. The maximum absolute atomic E-state index is 12.4. The number of aromatic amines is 1. The molecule has 22 heavy (non-hydrogen) atoms. The van der Waals surface area contributed by atoms with Crippen LogP contribution in [0.5, 0.6) is 0 Å². The maximum Gasteiger partial charge on any atom is 0.257 e. The Bertz CT molecular complexity index is 891. The summed E-state index contributed by atoms with van der Waals surface area (Å²) < 4.78 is 0. The van der Waals surface area contributed by atoms with Gasteiger partial charge in [-0.05, 0) is 23.8 Å². The van der Waals surface area contributed by atoms with Crippen molar-refractivity contribution in [3.05, 3.63) is 75.3 Å². The monoisotopic (exact) mass is 313 g/mol. The van der Waals surface area contributed by atoms with Crippen LogP contribution in [-0.4, -0.2) is 15.9 Å². The van der Waals surface area contributed by atoms with Gasteiger partial charge in [0.25, 0.3) is 5.91 Å². The minimum Gasteiger partial charge on any atom is -0.359 e. The van der Waals surface area contributed by atoms with Gasteiger partial charge in [0, 0.05) is 30.5 Å². The zero-order valence-corrected chi connectivity index (χ0v) is 12.2. The number of pyridine rings is 2. The zero-order chi connectivity index (χ0) is 15.5. The van der Waals surface area contributed by atoms with Gasteiger partial charge < -0.3 is 10.3 Å². The molecular formula is C16H12ClN3O2. The molecule has 0 radical (unpaired) electrons. The third-order valence-electron chi connectivity index (χ3n) is 3.28. The number of carbonyl (C=O) groups excluding carboxylic acids is 1. The first kappa shape index (κ1) is 14.3. The fourth-order valence-electron chi connectivity index (χ4n) is 2.16. The molecule has 0 unspecified atom stereocenters. The summed E-state index contributed by atoms with van der Waals surface area (Å²) in [6.07, 6.45) is 4.70. The molecule has 1 amide bonds. The number of aromatic nitrogens is 2. The summed E-state index contributed by atoms with van der Waals surface area (Å²) in [5.74, 6) is -0.438. The number of hydrogen-bond acceptors (Lipinski definition) is 3. The van der Waals surface area contributed by atoms with Crippen LogP contribution >= 0.6 is 11.6 Å². The number of rotatable bonds is 3. The average Bonchev–Trinajstić information content (AvgIpc) is 2.55. The van der Waals surface area contributed by atoms with Crippen LogP contribution in [0, 0.1) is 0 Å². The number of nitrogens with zero attached hydrogens (tertiary/aromatic N) is 1. The molecule has 0 saturated heterocycles. The molecule has 0 bridgehead atoms. The van der Waals surface area contributed by atoms with Crippen molar-refractivity contribution in [3.8, 4) is 0 Å². The van der Waals surface area contributed by atoms with Gasteiger partial charge in [0.2, 0.25) is 5.43 Å². The molecule has 1 aromatic carbocycles.